The molecule has 0 bridgehead atoms. The minimum Gasteiger partial charge on any atom is -0.377 e. The van der Waals surface area contributed by atoms with Crippen molar-refractivity contribution >= 4 is 0 Å². The van der Waals surface area contributed by atoms with Crippen LogP contribution in [0.2, 0.25) is 0 Å². The van der Waals surface area contributed by atoms with E-state index in [1.54, 1.807) is 7.11 Å². The summed E-state index contributed by atoms with van der Waals surface area (Å²) in [5, 5.41) is 8.33. The molecule has 0 saturated heterocycles. The zero-order valence-corrected chi connectivity index (χ0v) is 14.1. The molecule has 2 aliphatic rings. The lowest BCUT2D eigenvalue weighted by Gasteiger charge is -2.30. The Morgan fingerprint density at radius 2 is 2.09 bits per heavy atom. The molecule has 1 aromatic rings. The van der Waals surface area contributed by atoms with Crippen LogP contribution >= 0.6 is 0 Å². The van der Waals surface area contributed by atoms with E-state index >= 15 is 0 Å². The van der Waals surface area contributed by atoms with Crippen molar-refractivity contribution in [2.75, 3.05) is 13.7 Å². The van der Waals surface area contributed by atoms with Gasteiger partial charge in [0, 0.05) is 19.6 Å². The quantitative estimate of drug-likeness (QED) is 0.877. The van der Waals surface area contributed by atoms with Gasteiger partial charge in [0.1, 0.15) is 12.4 Å². The van der Waals surface area contributed by atoms with E-state index in [1.165, 1.54) is 38.5 Å². The van der Waals surface area contributed by atoms with Crippen molar-refractivity contribution in [3.8, 4) is 0 Å². The van der Waals surface area contributed by atoms with Crippen LogP contribution < -0.4 is 5.32 Å². The fourth-order valence-electron chi connectivity index (χ4n) is 3.94. The molecule has 22 heavy (non-hydrogen) atoms. The fourth-order valence-corrected chi connectivity index (χ4v) is 3.94. The highest BCUT2D eigenvalue weighted by Gasteiger charge is 2.24. The van der Waals surface area contributed by atoms with Crippen LogP contribution in [0.15, 0.2) is 0 Å². The van der Waals surface area contributed by atoms with Gasteiger partial charge in [-0.2, -0.15) is 5.10 Å². The monoisotopic (exact) mass is 306 g/mol. The minimum absolute atomic E-state index is 0.511. The molecular formula is C17H30N4O. The van der Waals surface area contributed by atoms with E-state index in [1.807, 2.05) is 0 Å². The number of rotatable bonds is 6. The Morgan fingerprint density at radius 1 is 1.27 bits per heavy atom. The first kappa shape index (κ1) is 15.9. The highest BCUT2D eigenvalue weighted by Crippen LogP contribution is 2.29. The minimum atomic E-state index is 0.511. The molecule has 0 aromatic carbocycles. The first-order valence-electron chi connectivity index (χ1n) is 8.91. The number of hydrogen-bond acceptors (Lipinski definition) is 4. The molecule has 0 unspecified atom stereocenters. The second-order valence-electron chi connectivity index (χ2n) is 7.08. The number of ether oxygens (including phenoxy) is 1. The molecule has 1 aliphatic heterocycles. The molecule has 1 N–H and O–H groups in total. The summed E-state index contributed by atoms with van der Waals surface area (Å²) in [5.74, 6) is 3.65. The molecule has 0 spiro atoms. The third-order valence-electron chi connectivity index (χ3n) is 5.36. The van der Waals surface area contributed by atoms with Crippen molar-refractivity contribution in [1.82, 2.24) is 20.1 Å². The van der Waals surface area contributed by atoms with E-state index in [2.05, 4.69) is 27.0 Å². The Labute approximate surface area is 133 Å². The van der Waals surface area contributed by atoms with Crippen LogP contribution in [0.1, 0.15) is 57.1 Å². The average molecular weight is 306 g/mol. The van der Waals surface area contributed by atoms with Crippen LogP contribution in [0.5, 0.6) is 0 Å². The Balaban J connectivity index is 1.47. The third-order valence-corrected chi connectivity index (χ3v) is 5.36. The molecule has 1 aliphatic carbocycles. The maximum Gasteiger partial charge on any atom is 0.176 e. The van der Waals surface area contributed by atoms with Crippen molar-refractivity contribution in [3.63, 3.8) is 0 Å². The maximum atomic E-state index is 5.12. The molecule has 2 atom stereocenters. The molecule has 5 heteroatoms. The molecule has 5 nitrogen and oxygen atoms in total. The van der Waals surface area contributed by atoms with Crippen LogP contribution in [0.25, 0.3) is 0 Å². The number of nitrogens with zero attached hydrogens (tertiary/aromatic N) is 3. The van der Waals surface area contributed by atoms with Crippen molar-refractivity contribution in [3.05, 3.63) is 11.6 Å². The van der Waals surface area contributed by atoms with Crippen LogP contribution in [0.3, 0.4) is 0 Å². The van der Waals surface area contributed by atoms with Crippen LogP contribution in [-0.4, -0.2) is 34.5 Å². The number of aryl methyl sites for hydroxylation is 1. The number of aromatic nitrogens is 3. The number of methoxy groups -OCH3 is 1. The number of fused-ring (bicyclic) bond motifs is 1. The smallest absolute Gasteiger partial charge is 0.176 e. The molecule has 1 aromatic heterocycles. The van der Waals surface area contributed by atoms with Crippen LogP contribution in [0, 0.1) is 11.8 Å². The van der Waals surface area contributed by atoms with Gasteiger partial charge in [-0.25, -0.2) is 9.67 Å². The lowest BCUT2D eigenvalue weighted by atomic mass is 9.81. The fraction of sp³-hybridized carbons (Fsp3) is 0.882. The Hall–Kier alpha value is -0.940. The van der Waals surface area contributed by atoms with Gasteiger partial charge in [0.05, 0.1) is 6.54 Å². The van der Waals surface area contributed by atoms with E-state index in [9.17, 15) is 0 Å². The third kappa shape index (κ3) is 3.87. The molecule has 1 fully saturated rings. The van der Waals surface area contributed by atoms with E-state index in [0.717, 1.165) is 43.0 Å². The summed E-state index contributed by atoms with van der Waals surface area (Å²) in [6, 6.07) is 0.538. The van der Waals surface area contributed by atoms with Gasteiger partial charge >= 0.3 is 0 Å². The zero-order chi connectivity index (χ0) is 15.4. The summed E-state index contributed by atoms with van der Waals surface area (Å²) < 4.78 is 7.19. The van der Waals surface area contributed by atoms with Crippen LogP contribution in [0.4, 0.5) is 0 Å². The van der Waals surface area contributed by atoms with Gasteiger partial charge in [0.15, 0.2) is 5.82 Å². The largest absolute Gasteiger partial charge is 0.377 e. The van der Waals surface area contributed by atoms with Gasteiger partial charge < -0.3 is 10.1 Å². The highest BCUT2D eigenvalue weighted by atomic mass is 16.5. The second kappa shape index (κ2) is 7.55. The SMILES string of the molecule is COCc1nc2n(n1)C[C@H](NC[C@@H](C)C1CCCCC1)CC2. The lowest BCUT2D eigenvalue weighted by Crippen LogP contribution is -2.41. The standard InChI is InChI=1S/C17H30N4O/c1-13(14-6-4-3-5-7-14)10-18-15-8-9-17-19-16(12-22-2)20-21(17)11-15/h13-15,18H,3-12H2,1-2H3/t13-,15-/m1/s1. The molecular weight excluding hydrogens is 276 g/mol. The second-order valence-corrected chi connectivity index (χ2v) is 7.08. The van der Waals surface area contributed by atoms with Gasteiger partial charge in [-0.15, -0.1) is 0 Å². The van der Waals surface area contributed by atoms with Gasteiger partial charge in [-0.05, 0) is 24.8 Å². The summed E-state index contributed by atoms with van der Waals surface area (Å²) in [7, 11) is 1.69. The van der Waals surface area contributed by atoms with Gasteiger partial charge in [0.2, 0.25) is 0 Å². The summed E-state index contributed by atoms with van der Waals surface area (Å²) in [4.78, 5) is 4.54. The lowest BCUT2D eigenvalue weighted by molar-refractivity contribution is 0.177. The topological polar surface area (TPSA) is 52.0 Å². The predicted octanol–water partition coefficient (Wildman–Crippen LogP) is 2.55. The van der Waals surface area contributed by atoms with E-state index < -0.39 is 0 Å². The average Bonchev–Trinajstić information content (AvgIpc) is 2.95. The van der Waals surface area contributed by atoms with E-state index in [4.69, 9.17) is 4.74 Å². The molecule has 0 radical (unpaired) electrons. The van der Waals surface area contributed by atoms with E-state index in [0.29, 0.717) is 12.6 Å². The maximum absolute atomic E-state index is 5.12. The molecule has 0 amide bonds. The Kier molecular flexibility index (Phi) is 5.47. The summed E-state index contributed by atoms with van der Waals surface area (Å²) >= 11 is 0. The van der Waals surface area contributed by atoms with Crippen LogP contribution in [-0.2, 0) is 24.3 Å². The number of nitrogens with one attached hydrogen (secondary N) is 1. The van der Waals surface area contributed by atoms with Gasteiger partial charge in [-0.3, -0.25) is 0 Å². The van der Waals surface area contributed by atoms with E-state index in [-0.39, 0.29) is 0 Å². The normalized spacial score (nSPS) is 24.2. The Morgan fingerprint density at radius 3 is 2.86 bits per heavy atom. The highest BCUT2D eigenvalue weighted by molar-refractivity contribution is 4.97. The van der Waals surface area contributed by atoms with Crippen molar-refractivity contribution in [1.29, 1.82) is 0 Å². The van der Waals surface area contributed by atoms with Crippen molar-refractivity contribution < 1.29 is 4.74 Å². The molecule has 2 heterocycles. The zero-order valence-electron chi connectivity index (χ0n) is 14.1. The van der Waals surface area contributed by atoms with Gasteiger partial charge in [-0.1, -0.05) is 39.0 Å². The Bertz CT molecular complexity index is 467. The molecule has 1 saturated carbocycles. The number of hydrogen-bond donors (Lipinski definition) is 1. The summed E-state index contributed by atoms with van der Waals surface area (Å²) in [6.45, 7) is 5.02. The summed E-state index contributed by atoms with van der Waals surface area (Å²) in [6.07, 6.45) is 9.36. The van der Waals surface area contributed by atoms with Crippen molar-refractivity contribution in [2.45, 2.75) is 71.1 Å². The van der Waals surface area contributed by atoms with Gasteiger partial charge in [0.25, 0.3) is 0 Å². The molecule has 124 valence electrons. The molecule has 3 rings (SSSR count). The predicted molar refractivity (Wildman–Crippen MR) is 86.6 cm³/mol. The summed E-state index contributed by atoms with van der Waals surface area (Å²) in [5.41, 5.74) is 0. The first-order chi connectivity index (χ1) is 10.8. The first-order valence-corrected chi connectivity index (χ1v) is 8.91. The van der Waals surface area contributed by atoms with Crippen molar-refractivity contribution in [2.24, 2.45) is 11.8 Å².